The van der Waals surface area contributed by atoms with Crippen LogP contribution in [0, 0.1) is 5.92 Å². The van der Waals surface area contributed by atoms with E-state index < -0.39 is 6.10 Å². The highest BCUT2D eigenvalue weighted by Crippen LogP contribution is 2.35. The van der Waals surface area contributed by atoms with Gasteiger partial charge in [-0.1, -0.05) is 43.7 Å². The predicted octanol–water partition coefficient (Wildman–Crippen LogP) is 3.49. The molecule has 0 radical (unpaired) electrons. The number of nitrogens with zero attached hydrogens (tertiary/aromatic N) is 3. The standard InChI is InChI=1S/C16H28ClN3O/c1-19(2)10-11-20-15(14(17)12-18-20)16(21)13-8-6-4-3-5-7-9-13/h12-13,16,21H,3-11H2,1-2H3. The molecule has 1 unspecified atom stereocenters. The molecular weight excluding hydrogens is 286 g/mol. The molecule has 1 heterocycles. The zero-order valence-electron chi connectivity index (χ0n) is 13.3. The molecule has 0 spiro atoms. The summed E-state index contributed by atoms with van der Waals surface area (Å²) in [6.07, 6.45) is 9.71. The third-order valence-electron chi connectivity index (χ3n) is 4.47. The van der Waals surface area contributed by atoms with Crippen molar-refractivity contribution < 1.29 is 5.11 Å². The van der Waals surface area contributed by atoms with Crippen LogP contribution in [0.5, 0.6) is 0 Å². The number of hydrogen-bond acceptors (Lipinski definition) is 3. The number of hydrogen-bond donors (Lipinski definition) is 1. The molecule has 5 heteroatoms. The Hall–Kier alpha value is -0.580. The van der Waals surface area contributed by atoms with Crippen LogP contribution in [0.4, 0.5) is 0 Å². The van der Waals surface area contributed by atoms with E-state index in [1.54, 1.807) is 6.20 Å². The van der Waals surface area contributed by atoms with Crippen LogP contribution in [0.1, 0.15) is 56.7 Å². The van der Waals surface area contributed by atoms with Gasteiger partial charge in [0.25, 0.3) is 0 Å². The molecule has 1 aromatic rings. The fraction of sp³-hybridized carbons (Fsp3) is 0.812. The van der Waals surface area contributed by atoms with E-state index >= 15 is 0 Å². The second-order valence-electron chi connectivity index (χ2n) is 6.45. The highest BCUT2D eigenvalue weighted by Gasteiger charge is 2.26. The van der Waals surface area contributed by atoms with Crippen LogP contribution in [0.25, 0.3) is 0 Å². The van der Waals surface area contributed by atoms with Crippen molar-refractivity contribution in [2.45, 2.75) is 57.6 Å². The van der Waals surface area contributed by atoms with Crippen LogP contribution in [-0.2, 0) is 6.54 Å². The van der Waals surface area contributed by atoms with Crippen molar-refractivity contribution >= 4 is 11.6 Å². The molecule has 1 N–H and O–H groups in total. The fourth-order valence-electron chi connectivity index (χ4n) is 3.17. The monoisotopic (exact) mass is 313 g/mol. The molecule has 0 amide bonds. The summed E-state index contributed by atoms with van der Waals surface area (Å²) in [5.41, 5.74) is 0.809. The van der Waals surface area contributed by atoms with Crippen LogP contribution in [0.2, 0.25) is 5.02 Å². The highest BCUT2D eigenvalue weighted by molar-refractivity contribution is 6.31. The maximum absolute atomic E-state index is 10.8. The minimum atomic E-state index is -0.486. The predicted molar refractivity (Wildman–Crippen MR) is 86.6 cm³/mol. The zero-order valence-corrected chi connectivity index (χ0v) is 14.0. The van der Waals surface area contributed by atoms with E-state index in [2.05, 4.69) is 10.00 Å². The number of aromatic nitrogens is 2. The molecule has 1 aromatic heterocycles. The number of halogens is 1. The molecule has 1 aliphatic carbocycles. The second kappa shape index (κ2) is 8.16. The lowest BCUT2D eigenvalue weighted by atomic mass is 9.86. The molecule has 0 aliphatic heterocycles. The largest absolute Gasteiger partial charge is 0.386 e. The quantitative estimate of drug-likeness (QED) is 0.904. The maximum atomic E-state index is 10.8. The number of aliphatic hydroxyl groups excluding tert-OH is 1. The smallest absolute Gasteiger partial charge is 0.0999 e. The van der Waals surface area contributed by atoms with Crippen molar-refractivity contribution in [2.75, 3.05) is 20.6 Å². The van der Waals surface area contributed by atoms with E-state index in [1.807, 2.05) is 18.8 Å². The average molecular weight is 314 g/mol. The first-order valence-electron chi connectivity index (χ1n) is 8.13. The van der Waals surface area contributed by atoms with E-state index in [-0.39, 0.29) is 0 Å². The first-order valence-corrected chi connectivity index (χ1v) is 8.51. The molecule has 0 saturated heterocycles. The summed E-state index contributed by atoms with van der Waals surface area (Å²) in [7, 11) is 4.08. The van der Waals surface area contributed by atoms with Gasteiger partial charge < -0.3 is 10.0 Å². The van der Waals surface area contributed by atoms with E-state index in [0.29, 0.717) is 10.9 Å². The molecule has 2 rings (SSSR count). The summed E-state index contributed by atoms with van der Waals surface area (Å²) in [5.74, 6) is 0.317. The Labute approximate surface area is 133 Å². The van der Waals surface area contributed by atoms with Crippen molar-refractivity contribution in [2.24, 2.45) is 5.92 Å². The Morgan fingerprint density at radius 2 is 1.90 bits per heavy atom. The van der Waals surface area contributed by atoms with Gasteiger partial charge in [-0.15, -0.1) is 0 Å². The van der Waals surface area contributed by atoms with Gasteiger partial charge in [-0.3, -0.25) is 4.68 Å². The molecule has 1 saturated carbocycles. The summed E-state index contributed by atoms with van der Waals surface area (Å²) in [4.78, 5) is 2.11. The van der Waals surface area contributed by atoms with E-state index in [4.69, 9.17) is 11.6 Å². The van der Waals surface area contributed by atoms with Crippen molar-refractivity contribution in [3.63, 3.8) is 0 Å². The minimum Gasteiger partial charge on any atom is -0.386 e. The maximum Gasteiger partial charge on any atom is 0.0999 e. The summed E-state index contributed by atoms with van der Waals surface area (Å²) < 4.78 is 1.88. The number of likely N-dealkylation sites (N-methyl/N-ethyl adjacent to an activating group) is 1. The van der Waals surface area contributed by atoms with Gasteiger partial charge in [0.05, 0.1) is 29.6 Å². The molecule has 1 fully saturated rings. The fourth-order valence-corrected chi connectivity index (χ4v) is 3.42. The normalized spacial score (nSPS) is 19.5. The topological polar surface area (TPSA) is 41.3 Å². The van der Waals surface area contributed by atoms with Crippen LogP contribution in [-0.4, -0.2) is 40.4 Å². The first kappa shape index (κ1) is 16.8. The van der Waals surface area contributed by atoms with Crippen molar-refractivity contribution in [3.8, 4) is 0 Å². The van der Waals surface area contributed by atoms with Crippen molar-refractivity contribution in [1.29, 1.82) is 0 Å². The van der Waals surface area contributed by atoms with Gasteiger partial charge in [-0.25, -0.2) is 0 Å². The molecule has 1 atom stereocenters. The summed E-state index contributed by atoms with van der Waals surface area (Å²) >= 11 is 6.29. The number of aliphatic hydroxyl groups is 1. The van der Waals surface area contributed by atoms with Gasteiger partial charge in [-0.05, 0) is 32.9 Å². The molecule has 1 aliphatic rings. The Bertz CT molecular complexity index is 425. The molecule has 120 valence electrons. The third kappa shape index (κ3) is 4.70. The molecule has 0 bridgehead atoms. The van der Waals surface area contributed by atoms with Crippen LogP contribution in [0.3, 0.4) is 0 Å². The molecule has 0 aromatic carbocycles. The zero-order chi connectivity index (χ0) is 15.2. The Morgan fingerprint density at radius 1 is 1.29 bits per heavy atom. The van der Waals surface area contributed by atoms with Crippen LogP contribution in [0.15, 0.2) is 6.20 Å². The lowest BCUT2D eigenvalue weighted by Gasteiger charge is -2.26. The van der Waals surface area contributed by atoms with E-state index in [0.717, 1.165) is 31.6 Å². The summed E-state index contributed by atoms with van der Waals surface area (Å²) in [6.45, 7) is 1.65. The van der Waals surface area contributed by atoms with Gasteiger partial charge in [0, 0.05) is 6.54 Å². The summed E-state index contributed by atoms with van der Waals surface area (Å²) in [5, 5.41) is 15.8. The van der Waals surface area contributed by atoms with Gasteiger partial charge >= 0.3 is 0 Å². The number of rotatable bonds is 5. The van der Waals surface area contributed by atoms with Gasteiger partial charge in [0.15, 0.2) is 0 Å². The van der Waals surface area contributed by atoms with E-state index in [1.165, 1.54) is 32.1 Å². The lowest BCUT2D eigenvalue weighted by Crippen LogP contribution is -2.23. The Balaban J connectivity index is 2.09. The van der Waals surface area contributed by atoms with Crippen molar-refractivity contribution in [1.82, 2.24) is 14.7 Å². The Kier molecular flexibility index (Phi) is 6.52. The second-order valence-corrected chi connectivity index (χ2v) is 6.86. The first-order chi connectivity index (χ1) is 10.1. The van der Waals surface area contributed by atoms with Gasteiger partial charge in [0.2, 0.25) is 0 Å². The minimum absolute atomic E-state index is 0.317. The van der Waals surface area contributed by atoms with Crippen LogP contribution >= 0.6 is 11.6 Å². The Morgan fingerprint density at radius 3 is 2.52 bits per heavy atom. The average Bonchev–Trinajstić information content (AvgIpc) is 2.76. The SMILES string of the molecule is CN(C)CCn1ncc(Cl)c1C(O)C1CCCCCCC1. The summed E-state index contributed by atoms with van der Waals surface area (Å²) in [6, 6.07) is 0. The van der Waals surface area contributed by atoms with Crippen LogP contribution < -0.4 is 0 Å². The highest BCUT2D eigenvalue weighted by atomic mass is 35.5. The van der Waals surface area contributed by atoms with Crippen molar-refractivity contribution in [3.05, 3.63) is 16.9 Å². The van der Waals surface area contributed by atoms with Gasteiger partial charge in [0.1, 0.15) is 0 Å². The third-order valence-corrected chi connectivity index (χ3v) is 4.76. The van der Waals surface area contributed by atoms with Gasteiger partial charge in [-0.2, -0.15) is 5.10 Å². The van der Waals surface area contributed by atoms with E-state index in [9.17, 15) is 5.11 Å². The lowest BCUT2D eigenvalue weighted by molar-refractivity contribution is 0.0824. The molecule has 21 heavy (non-hydrogen) atoms. The molecular formula is C16H28ClN3O. The molecule has 4 nitrogen and oxygen atoms in total.